The van der Waals surface area contributed by atoms with E-state index in [0.717, 1.165) is 30.4 Å². The highest BCUT2D eigenvalue weighted by atomic mass is 19.4. The lowest BCUT2D eigenvalue weighted by molar-refractivity contribution is -0.146. The Balaban J connectivity index is 1.98. The molecule has 0 heterocycles. The second kappa shape index (κ2) is 6.97. The summed E-state index contributed by atoms with van der Waals surface area (Å²) in [6, 6.07) is 4.99. The summed E-state index contributed by atoms with van der Waals surface area (Å²) in [7, 11) is 0. The molecule has 0 spiro atoms. The van der Waals surface area contributed by atoms with Gasteiger partial charge in [0.2, 0.25) is 0 Å². The second-order valence-corrected chi connectivity index (χ2v) is 6.83. The number of aliphatic carboxylic acids is 1. The molecule has 0 fully saturated rings. The molecule has 2 unspecified atom stereocenters. The zero-order valence-corrected chi connectivity index (χ0v) is 14.6. The normalized spacial score (nSPS) is 24.6. The summed E-state index contributed by atoms with van der Waals surface area (Å²) in [6.07, 6.45) is -3.54. The number of hydrogen-bond donors (Lipinski definition) is 4. The van der Waals surface area contributed by atoms with Gasteiger partial charge < -0.3 is 20.6 Å². The van der Waals surface area contributed by atoms with E-state index in [1.807, 2.05) is 6.07 Å². The molecule has 1 aromatic rings. The smallest absolute Gasteiger partial charge is 0.419 e. The molecule has 3 rings (SSSR count). The number of amides is 1. The summed E-state index contributed by atoms with van der Waals surface area (Å²) in [5, 5.41) is 31.6. The number of alkyl halides is 3. The highest BCUT2D eigenvalue weighted by Crippen LogP contribution is 2.36. The largest absolute Gasteiger partial charge is 0.508 e. The number of aryl methyl sites for hydroxylation is 1. The fourth-order valence-electron chi connectivity index (χ4n) is 3.59. The van der Waals surface area contributed by atoms with Crippen molar-refractivity contribution in [2.24, 2.45) is 0 Å². The van der Waals surface area contributed by atoms with E-state index in [4.69, 9.17) is 0 Å². The lowest BCUT2D eigenvalue weighted by Gasteiger charge is -2.35. The lowest BCUT2D eigenvalue weighted by Crippen LogP contribution is -2.61. The summed E-state index contributed by atoms with van der Waals surface area (Å²) < 4.78 is 38.8. The van der Waals surface area contributed by atoms with Gasteiger partial charge in [-0.2, -0.15) is 13.2 Å². The van der Waals surface area contributed by atoms with Gasteiger partial charge in [0.1, 0.15) is 11.9 Å². The molecular weight excluding hydrogens is 379 g/mol. The van der Waals surface area contributed by atoms with Crippen LogP contribution in [0.1, 0.15) is 34.3 Å². The maximum Gasteiger partial charge on any atom is 0.419 e. The maximum atomic E-state index is 12.9. The number of aliphatic hydroxyl groups excluding tert-OH is 2. The van der Waals surface area contributed by atoms with E-state index in [0.29, 0.717) is 12.5 Å². The number of carboxylic acids is 1. The molecule has 2 aliphatic rings. The number of hydrogen-bond acceptors (Lipinski definition) is 4. The first-order valence-electron chi connectivity index (χ1n) is 8.62. The average molecular weight is 397 g/mol. The third-order valence-corrected chi connectivity index (χ3v) is 5.05. The fraction of sp³-hybridized carbons (Fsp3) is 0.368. The SMILES string of the molecule is O=C(NC1(C(=O)O)C=C(O)C(C(F)(F)F)=CC1O)c1cccc2c1CCCC2. The monoisotopic (exact) mass is 397 g/mol. The van der Waals surface area contributed by atoms with Gasteiger partial charge in [0.05, 0.1) is 5.57 Å². The topological polar surface area (TPSA) is 107 Å². The maximum absolute atomic E-state index is 12.9. The molecule has 0 aliphatic heterocycles. The van der Waals surface area contributed by atoms with Crippen LogP contribution in [0.2, 0.25) is 0 Å². The quantitative estimate of drug-likeness (QED) is 0.627. The highest BCUT2D eigenvalue weighted by Gasteiger charge is 2.51. The van der Waals surface area contributed by atoms with Gasteiger partial charge in [-0.05, 0) is 55.0 Å². The van der Waals surface area contributed by atoms with Crippen molar-refractivity contribution in [1.82, 2.24) is 5.32 Å². The third-order valence-electron chi connectivity index (χ3n) is 5.05. The van der Waals surface area contributed by atoms with E-state index in [-0.39, 0.29) is 11.6 Å². The summed E-state index contributed by atoms with van der Waals surface area (Å²) >= 11 is 0. The Hall–Kier alpha value is -2.81. The van der Waals surface area contributed by atoms with Gasteiger partial charge in [-0.3, -0.25) is 4.79 Å². The van der Waals surface area contributed by atoms with Crippen molar-refractivity contribution in [3.05, 3.63) is 58.4 Å². The third kappa shape index (κ3) is 3.37. The summed E-state index contributed by atoms with van der Waals surface area (Å²) in [6.45, 7) is 0. The summed E-state index contributed by atoms with van der Waals surface area (Å²) in [5.74, 6) is -4.04. The zero-order valence-electron chi connectivity index (χ0n) is 14.6. The Morgan fingerprint density at radius 1 is 1.18 bits per heavy atom. The van der Waals surface area contributed by atoms with Crippen molar-refractivity contribution >= 4 is 11.9 Å². The van der Waals surface area contributed by atoms with E-state index in [1.165, 1.54) is 6.07 Å². The van der Waals surface area contributed by atoms with E-state index < -0.39 is 41.0 Å². The number of benzene rings is 1. The summed E-state index contributed by atoms with van der Waals surface area (Å²) in [5.41, 5.74) is -2.30. The van der Waals surface area contributed by atoms with Crippen LogP contribution in [0.3, 0.4) is 0 Å². The molecular formula is C19H18F3NO5. The molecule has 1 aromatic carbocycles. The van der Waals surface area contributed by atoms with Crippen LogP contribution in [0.15, 0.2) is 41.7 Å². The second-order valence-electron chi connectivity index (χ2n) is 6.83. The molecule has 6 nitrogen and oxygen atoms in total. The number of halogens is 3. The van der Waals surface area contributed by atoms with Gasteiger partial charge in [0.25, 0.3) is 5.91 Å². The van der Waals surface area contributed by atoms with E-state index in [9.17, 15) is 38.1 Å². The van der Waals surface area contributed by atoms with Crippen molar-refractivity contribution in [3.63, 3.8) is 0 Å². The predicted molar refractivity (Wildman–Crippen MR) is 91.8 cm³/mol. The zero-order chi connectivity index (χ0) is 20.7. The van der Waals surface area contributed by atoms with Gasteiger partial charge >= 0.3 is 12.1 Å². The molecule has 0 aromatic heterocycles. The molecule has 2 aliphatic carbocycles. The van der Waals surface area contributed by atoms with Crippen molar-refractivity contribution in [3.8, 4) is 0 Å². The molecule has 0 saturated heterocycles. The molecule has 4 N–H and O–H groups in total. The van der Waals surface area contributed by atoms with Gasteiger partial charge in [-0.1, -0.05) is 12.1 Å². The molecule has 0 saturated carbocycles. The number of rotatable bonds is 3. The molecule has 28 heavy (non-hydrogen) atoms. The van der Waals surface area contributed by atoms with Crippen LogP contribution < -0.4 is 5.32 Å². The number of aliphatic hydroxyl groups is 2. The van der Waals surface area contributed by atoms with Crippen LogP contribution >= 0.6 is 0 Å². The minimum absolute atomic E-state index is 0.185. The molecule has 0 bridgehead atoms. The Labute approximate surface area is 158 Å². The summed E-state index contributed by atoms with van der Waals surface area (Å²) in [4.78, 5) is 24.6. The van der Waals surface area contributed by atoms with Crippen LogP contribution in [0.4, 0.5) is 13.2 Å². The number of fused-ring (bicyclic) bond motifs is 1. The van der Waals surface area contributed by atoms with Gasteiger partial charge in [0.15, 0.2) is 5.54 Å². The molecule has 150 valence electrons. The first-order chi connectivity index (χ1) is 13.1. The standard InChI is InChI=1S/C19H18F3NO5/c20-19(21,22)13-8-15(25)18(17(27)28,9-14(13)24)23-16(26)12-7-3-5-10-4-1-2-6-11(10)12/h3,5,7-9,15,24-25H,1-2,4,6H2,(H,23,26)(H,27,28). The number of allylic oxidation sites excluding steroid dienone is 1. The first-order valence-corrected chi connectivity index (χ1v) is 8.62. The van der Waals surface area contributed by atoms with Crippen LogP contribution in [0.5, 0.6) is 0 Å². The Morgan fingerprint density at radius 3 is 2.50 bits per heavy atom. The van der Waals surface area contributed by atoms with Crippen LogP contribution in [0.25, 0.3) is 0 Å². The Kier molecular flexibility index (Phi) is 4.97. The predicted octanol–water partition coefficient (Wildman–Crippen LogP) is 2.42. The van der Waals surface area contributed by atoms with Crippen LogP contribution in [-0.2, 0) is 17.6 Å². The van der Waals surface area contributed by atoms with Crippen LogP contribution in [0, 0.1) is 0 Å². The average Bonchev–Trinajstić information content (AvgIpc) is 2.62. The Bertz CT molecular complexity index is 890. The highest BCUT2D eigenvalue weighted by molar-refractivity contribution is 6.00. The first kappa shape index (κ1) is 19.9. The van der Waals surface area contributed by atoms with Crippen molar-refractivity contribution in [1.29, 1.82) is 0 Å². The number of nitrogens with one attached hydrogen (secondary N) is 1. The van der Waals surface area contributed by atoms with Crippen molar-refractivity contribution < 1.29 is 38.1 Å². The van der Waals surface area contributed by atoms with Crippen LogP contribution in [-0.4, -0.2) is 45.0 Å². The van der Waals surface area contributed by atoms with E-state index in [2.05, 4.69) is 5.32 Å². The molecule has 9 heteroatoms. The molecule has 2 atom stereocenters. The van der Waals surface area contributed by atoms with E-state index in [1.54, 1.807) is 6.07 Å². The molecule has 1 amide bonds. The molecule has 0 radical (unpaired) electrons. The minimum atomic E-state index is -4.99. The van der Waals surface area contributed by atoms with Crippen molar-refractivity contribution in [2.45, 2.75) is 43.5 Å². The minimum Gasteiger partial charge on any atom is -0.508 e. The van der Waals surface area contributed by atoms with Gasteiger partial charge in [0, 0.05) is 5.56 Å². The Morgan fingerprint density at radius 2 is 1.86 bits per heavy atom. The van der Waals surface area contributed by atoms with Crippen molar-refractivity contribution in [2.75, 3.05) is 0 Å². The fourth-order valence-corrected chi connectivity index (χ4v) is 3.59. The van der Waals surface area contributed by atoms with Gasteiger partial charge in [-0.15, -0.1) is 0 Å². The van der Waals surface area contributed by atoms with Gasteiger partial charge in [-0.25, -0.2) is 4.79 Å². The van der Waals surface area contributed by atoms with E-state index >= 15 is 0 Å². The number of carboxylic acid groups (broad SMARTS) is 1. The lowest BCUT2D eigenvalue weighted by atomic mass is 9.83. The number of carbonyl (C=O) groups is 2. The number of carbonyl (C=O) groups excluding carboxylic acids is 1.